The summed E-state index contributed by atoms with van der Waals surface area (Å²) in [6.45, 7) is 0. The highest BCUT2D eigenvalue weighted by Crippen LogP contribution is 2.20. The number of rotatable bonds is 3. The molecule has 1 aromatic carbocycles. The molecule has 3 rings (SSSR count). The second kappa shape index (κ2) is 3.88. The smallest absolute Gasteiger partial charge is 0.278 e. The summed E-state index contributed by atoms with van der Waals surface area (Å²) in [7, 11) is -3.60. The van der Waals surface area contributed by atoms with Crippen LogP contribution in [-0.4, -0.2) is 23.4 Å². The van der Waals surface area contributed by atoms with E-state index in [1.54, 1.807) is 18.3 Å². The average molecular weight is 262 g/mol. The van der Waals surface area contributed by atoms with Gasteiger partial charge >= 0.3 is 0 Å². The monoisotopic (exact) mass is 262 g/mol. The number of aromatic nitrogens is 3. The van der Waals surface area contributed by atoms with E-state index in [1.807, 2.05) is 12.1 Å². The lowest BCUT2D eigenvalue weighted by atomic mass is 10.2. The number of hydrogen-bond acceptors (Lipinski definition) is 3. The van der Waals surface area contributed by atoms with Gasteiger partial charge in [0.15, 0.2) is 5.03 Å². The van der Waals surface area contributed by atoms with Gasteiger partial charge in [-0.1, -0.05) is 0 Å². The van der Waals surface area contributed by atoms with Crippen molar-refractivity contribution in [1.29, 1.82) is 0 Å². The Balaban J connectivity index is 1.97. The van der Waals surface area contributed by atoms with Crippen LogP contribution in [0.1, 0.15) is 0 Å². The molecule has 92 valence electrons. The third kappa shape index (κ3) is 1.84. The van der Waals surface area contributed by atoms with Crippen LogP contribution in [0.3, 0.4) is 0 Å². The first-order valence-corrected chi connectivity index (χ1v) is 6.72. The summed E-state index contributed by atoms with van der Waals surface area (Å²) in [6.07, 6.45) is 4.39. The maximum atomic E-state index is 11.9. The molecule has 3 aromatic rings. The van der Waals surface area contributed by atoms with Gasteiger partial charge < -0.3 is 9.97 Å². The molecule has 0 unspecified atom stereocenters. The molecule has 0 amide bonds. The topological polar surface area (TPSA) is 90.6 Å². The summed E-state index contributed by atoms with van der Waals surface area (Å²) in [6, 6.07) is 7.16. The van der Waals surface area contributed by atoms with E-state index in [4.69, 9.17) is 0 Å². The Morgan fingerprint density at radius 3 is 2.83 bits per heavy atom. The van der Waals surface area contributed by atoms with Crippen LogP contribution >= 0.6 is 0 Å². The number of imidazole rings is 1. The molecule has 0 aliphatic rings. The molecule has 0 aliphatic heterocycles. The third-order valence-electron chi connectivity index (χ3n) is 2.57. The fraction of sp³-hybridized carbons (Fsp3) is 0. The summed E-state index contributed by atoms with van der Waals surface area (Å²) in [5, 5.41) is 0.983. The van der Waals surface area contributed by atoms with E-state index in [1.165, 1.54) is 12.5 Å². The van der Waals surface area contributed by atoms with Gasteiger partial charge in [0.1, 0.15) is 0 Å². The average Bonchev–Trinajstić information content (AvgIpc) is 2.99. The minimum absolute atomic E-state index is 0.0386. The Bertz CT molecular complexity index is 774. The molecule has 0 atom stereocenters. The number of anilines is 1. The summed E-state index contributed by atoms with van der Waals surface area (Å²) < 4.78 is 26.4. The van der Waals surface area contributed by atoms with Crippen LogP contribution in [-0.2, 0) is 10.0 Å². The van der Waals surface area contributed by atoms with Gasteiger partial charge in [0.25, 0.3) is 10.0 Å². The number of nitrogens with zero attached hydrogens (tertiary/aromatic N) is 1. The second-order valence-corrected chi connectivity index (χ2v) is 5.45. The molecule has 3 N–H and O–H groups in total. The molecule has 0 aliphatic carbocycles. The fourth-order valence-corrected chi connectivity index (χ4v) is 2.67. The maximum absolute atomic E-state index is 11.9. The van der Waals surface area contributed by atoms with Crippen LogP contribution in [0.5, 0.6) is 0 Å². The fourth-order valence-electron chi connectivity index (χ4n) is 1.72. The SMILES string of the molecule is O=S(=O)(Nc1ccc2[nH]ccc2c1)c1cnc[nH]1. The first-order chi connectivity index (χ1) is 8.65. The van der Waals surface area contributed by atoms with Crippen molar-refractivity contribution in [3.63, 3.8) is 0 Å². The highest BCUT2D eigenvalue weighted by molar-refractivity contribution is 7.92. The Morgan fingerprint density at radius 2 is 2.06 bits per heavy atom. The third-order valence-corrected chi connectivity index (χ3v) is 3.87. The van der Waals surface area contributed by atoms with E-state index in [0.29, 0.717) is 5.69 Å². The molecule has 2 heterocycles. The van der Waals surface area contributed by atoms with E-state index in [2.05, 4.69) is 19.7 Å². The molecule has 0 radical (unpaired) electrons. The van der Waals surface area contributed by atoms with E-state index in [0.717, 1.165) is 10.9 Å². The van der Waals surface area contributed by atoms with Crippen molar-refractivity contribution >= 4 is 26.6 Å². The second-order valence-electron chi connectivity index (χ2n) is 3.80. The van der Waals surface area contributed by atoms with Crippen molar-refractivity contribution < 1.29 is 8.42 Å². The highest BCUT2D eigenvalue weighted by Gasteiger charge is 2.15. The lowest BCUT2D eigenvalue weighted by Crippen LogP contribution is -2.13. The van der Waals surface area contributed by atoms with Crippen LogP contribution in [0, 0.1) is 0 Å². The lowest BCUT2D eigenvalue weighted by molar-refractivity contribution is 0.598. The molecule has 18 heavy (non-hydrogen) atoms. The molecular weight excluding hydrogens is 252 g/mol. The molecule has 0 fully saturated rings. The minimum Gasteiger partial charge on any atom is -0.361 e. The summed E-state index contributed by atoms with van der Waals surface area (Å²) in [5.74, 6) is 0. The zero-order valence-corrected chi connectivity index (χ0v) is 10.0. The quantitative estimate of drug-likeness (QED) is 0.670. The summed E-state index contributed by atoms with van der Waals surface area (Å²) in [5.41, 5.74) is 1.47. The largest absolute Gasteiger partial charge is 0.361 e. The number of hydrogen-bond donors (Lipinski definition) is 3. The van der Waals surface area contributed by atoms with Gasteiger partial charge in [-0.15, -0.1) is 0 Å². The Labute approximate surface area is 103 Å². The van der Waals surface area contributed by atoms with Crippen molar-refractivity contribution in [3.8, 4) is 0 Å². The molecule has 6 nitrogen and oxygen atoms in total. The van der Waals surface area contributed by atoms with Crippen LogP contribution in [0.4, 0.5) is 5.69 Å². The zero-order valence-electron chi connectivity index (χ0n) is 9.21. The van der Waals surface area contributed by atoms with Crippen LogP contribution in [0.25, 0.3) is 10.9 Å². The predicted molar refractivity (Wildman–Crippen MR) is 67.7 cm³/mol. The first-order valence-electron chi connectivity index (χ1n) is 5.23. The normalized spacial score (nSPS) is 11.8. The van der Waals surface area contributed by atoms with Gasteiger partial charge in [-0.2, -0.15) is 8.42 Å². The minimum atomic E-state index is -3.60. The lowest BCUT2D eigenvalue weighted by Gasteiger charge is -2.05. The van der Waals surface area contributed by atoms with Crippen molar-refractivity contribution in [3.05, 3.63) is 43.0 Å². The highest BCUT2D eigenvalue weighted by atomic mass is 32.2. The standard InChI is InChI=1S/C11H10N4O2S/c16-18(17,11-6-12-7-14-11)15-9-1-2-10-8(5-9)3-4-13-10/h1-7,13,15H,(H,12,14). The van der Waals surface area contributed by atoms with E-state index in [9.17, 15) is 8.42 Å². The molecular formula is C11H10N4O2S. The molecule has 0 spiro atoms. The Morgan fingerprint density at radius 1 is 1.17 bits per heavy atom. The van der Waals surface area contributed by atoms with Crippen molar-refractivity contribution in [1.82, 2.24) is 15.0 Å². The maximum Gasteiger partial charge on any atom is 0.278 e. The number of benzene rings is 1. The van der Waals surface area contributed by atoms with E-state index < -0.39 is 10.0 Å². The van der Waals surface area contributed by atoms with E-state index in [-0.39, 0.29) is 5.03 Å². The van der Waals surface area contributed by atoms with Gasteiger partial charge in [0.2, 0.25) is 0 Å². The molecule has 0 saturated heterocycles. The summed E-state index contributed by atoms with van der Waals surface area (Å²) >= 11 is 0. The first kappa shape index (κ1) is 10.8. The van der Waals surface area contributed by atoms with Gasteiger partial charge in [-0.05, 0) is 24.3 Å². The number of nitrogens with one attached hydrogen (secondary N) is 3. The van der Waals surface area contributed by atoms with Crippen molar-refractivity contribution in [2.45, 2.75) is 5.03 Å². The van der Waals surface area contributed by atoms with Gasteiger partial charge in [-0.25, -0.2) is 4.98 Å². The van der Waals surface area contributed by atoms with Gasteiger partial charge in [-0.3, -0.25) is 4.72 Å². The number of aromatic amines is 2. The molecule has 2 aromatic heterocycles. The number of sulfonamides is 1. The van der Waals surface area contributed by atoms with Crippen LogP contribution in [0.15, 0.2) is 48.0 Å². The van der Waals surface area contributed by atoms with Crippen molar-refractivity contribution in [2.75, 3.05) is 4.72 Å². The Kier molecular flexibility index (Phi) is 2.34. The molecule has 7 heteroatoms. The van der Waals surface area contributed by atoms with Crippen LogP contribution in [0.2, 0.25) is 0 Å². The predicted octanol–water partition coefficient (Wildman–Crippen LogP) is 1.69. The summed E-state index contributed by atoms with van der Waals surface area (Å²) in [4.78, 5) is 9.30. The van der Waals surface area contributed by atoms with Gasteiger partial charge in [0.05, 0.1) is 12.5 Å². The number of H-pyrrole nitrogens is 2. The van der Waals surface area contributed by atoms with Gasteiger partial charge in [0, 0.05) is 22.8 Å². The number of fused-ring (bicyclic) bond motifs is 1. The van der Waals surface area contributed by atoms with Crippen molar-refractivity contribution in [2.24, 2.45) is 0 Å². The molecule has 0 bridgehead atoms. The van der Waals surface area contributed by atoms with Crippen LogP contribution < -0.4 is 4.72 Å². The zero-order chi connectivity index (χ0) is 12.6. The van der Waals surface area contributed by atoms with E-state index >= 15 is 0 Å². The molecule has 0 saturated carbocycles. The Hall–Kier alpha value is -2.28.